The maximum atomic E-state index is 14.0. The molecule has 1 N–H and O–H groups in total. The van der Waals surface area contributed by atoms with Crippen molar-refractivity contribution in [3.63, 3.8) is 0 Å². The number of likely N-dealkylation sites (tertiary alicyclic amines) is 2. The van der Waals surface area contributed by atoms with Crippen LogP contribution in [0.1, 0.15) is 60.4 Å². The lowest BCUT2D eigenvalue weighted by Crippen LogP contribution is -2.41. The molecule has 0 saturated carbocycles. The molecule has 0 aliphatic carbocycles. The maximum Gasteiger partial charge on any atom is 0.418 e. The second kappa shape index (κ2) is 10.8. The topological polar surface area (TPSA) is 62.1 Å². The number of hydrogen-bond donors (Lipinski definition) is 1. The minimum Gasteiger partial charge on any atom is -0.379 e. The van der Waals surface area contributed by atoms with Crippen LogP contribution < -0.4 is 5.32 Å². The third-order valence-corrected chi connectivity index (χ3v) is 7.39. The number of nitrogens with zero attached hydrogens (tertiary/aromatic N) is 6. The van der Waals surface area contributed by atoms with Gasteiger partial charge in [-0.3, -0.25) is 14.8 Å². The van der Waals surface area contributed by atoms with E-state index < -0.39 is 11.7 Å². The van der Waals surface area contributed by atoms with E-state index in [1.165, 1.54) is 12.5 Å². The summed E-state index contributed by atoms with van der Waals surface area (Å²) in [5, 5.41) is 11.5. The van der Waals surface area contributed by atoms with Gasteiger partial charge in [-0.1, -0.05) is 19.1 Å². The van der Waals surface area contributed by atoms with Crippen molar-refractivity contribution < 1.29 is 13.2 Å². The highest BCUT2D eigenvalue weighted by Gasteiger charge is 2.35. The number of anilines is 1. The molecule has 198 valence electrons. The number of halogens is 3. The molecule has 1 aromatic carbocycles. The first kappa shape index (κ1) is 25.7. The zero-order valence-corrected chi connectivity index (χ0v) is 21.4. The third kappa shape index (κ3) is 5.96. The van der Waals surface area contributed by atoms with Crippen LogP contribution in [0.4, 0.5) is 18.9 Å². The van der Waals surface area contributed by atoms with Crippen LogP contribution >= 0.6 is 0 Å². The number of rotatable bonds is 8. The van der Waals surface area contributed by atoms with Crippen LogP contribution in [0, 0.1) is 5.92 Å². The summed E-state index contributed by atoms with van der Waals surface area (Å²) in [7, 11) is 1.92. The molecule has 0 bridgehead atoms. The standard InChI is InChI=1S/C27H34F3N7/c1-19-6-4-9-36(16-19)17-20-12-23(27(28,29)30)24(32-14-20)15-31-22-8-3-7-21(13-22)25(37-10-5-11-37)26-34-33-18-35(26)2/h3,7-8,12-14,18-19,25,31H,4-6,9-11,15-17H2,1-2H3/t19-,25?/m0/s1. The lowest BCUT2D eigenvalue weighted by Gasteiger charge is -2.38. The maximum absolute atomic E-state index is 14.0. The van der Waals surface area contributed by atoms with Crippen LogP contribution in [-0.2, 0) is 26.3 Å². The van der Waals surface area contributed by atoms with Crippen molar-refractivity contribution in [2.45, 2.75) is 51.5 Å². The second-order valence-electron chi connectivity index (χ2n) is 10.4. The van der Waals surface area contributed by atoms with E-state index in [1.54, 1.807) is 12.5 Å². The molecule has 2 atom stereocenters. The highest BCUT2D eigenvalue weighted by molar-refractivity contribution is 5.48. The minimum absolute atomic E-state index is 0.00117. The Balaban J connectivity index is 1.33. The monoisotopic (exact) mass is 513 g/mol. The van der Waals surface area contributed by atoms with Crippen molar-refractivity contribution in [1.29, 1.82) is 0 Å². The van der Waals surface area contributed by atoms with E-state index in [0.29, 0.717) is 18.0 Å². The number of nitrogens with one attached hydrogen (secondary N) is 1. The Morgan fingerprint density at radius 2 is 1.97 bits per heavy atom. The Labute approximate surface area is 215 Å². The van der Waals surface area contributed by atoms with Crippen molar-refractivity contribution in [3.8, 4) is 0 Å². The molecule has 2 saturated heterocycles. The van der Waals surface area contributed by atoms with Gasteiger partial charge in [-0.25, -0.2) is 0 Å². The number of pyridine rings is 1. The smallest absolute Gasteiger partial charge is 0.379 e. The van der Waals surface area contributed by atoms with Crippen LogP contribution in [-0.4, -0.2) is 55.7 Å². The Kier molecular flexibility index (Phi) is 7.48. The molecule has 0 radical (unpaired) electrons. The molecular formula is C27H34F3N7. The molecule has 37 heavy (non-hydrogen) atoms. The molecule has 2 aliphatic heterocycles. The van der Waals surface area contributed by atoms with E-state index in [1.807, 2.05) is 35.9 Å². The van der Waals surface area contributed by atoms with Gasteiger partial charge in [0.1, 0.15) is 6.33 Å². The van der Waals surface area contributed by atoms with E-state index in [-0.39, 0.29) is 18.3 Å². The summed E-state index contributed by atoms with van der Waals surface area (Å²) in [6.07, 6.45) is 2.19. The summed E-state index contributed by atoms with van der Waals surface area (Å²) >= 11 is 0. The second-order valence-corrected chi connectivity index (χ2v) is 10.4. The fourth-order valence-corrected chi connectivity index (χ4v) is 5.36. The van der Waals surface area contributed by atoms with Crippen LogP contribution in [0.15, 0.2) is 42.9 Å². The number of piperidine rings is 1. The van der Waals surface area contributed by atoms with Gasteiger partial charge < -0.3 is 9.88 Å². The van der Waals surface area contributed by atoms with Crippen molar-refractivity contribution in [1.82, 2.24) is 29.5 Å². The predicted molar refractivity (Wildman–Crippen MR) is 136 cm³/mol. The third-order valence-electron chi connectivity index (χ3n) is 7.39. The molecule has 2 aromatic heterocycles. The van der Waals surface area contributed by atoms with Gasteiger partial charge in [-0.2, -0.15) is 13.2 Å². The highest BCUT2D eigenvalue weighted by Crippen LogP contribution is 2.34. The number of hydrogen-bond acceptors (Lipinski definition) is 6. The van der Waals surface area contributed by atoms with Gasteiger partial charge in [0.2, 0.25) is 0 Å². The Morgan fingerprint density at radius 3 is 2.65 bits per heavy atom. The van der Waals surface area contributed by atoms with Crippen LogP contribution in [0.2, 0.25) is 0 Å². The van der Waals surface area contributed by atoms with Crippen LogP contribution in [0.3, 0.4) is 0 Å². The Hall–Kier alpha value is -2.98. The summed E-state index contributed by atoms with van der Waals surface area (Å²) in [5.41, 5.74) is 1.70. The van der Waals surface area contributed by atoms with Gasteiger partial charge in [0.15, 0.2) is 5.82 Å². The molecule has 2 aliphatic rings. The SMILES string of the molecule is C[C@H]1CCCN(Cc2cnc(CNc3cccc(C(c4nncn4C)N4CCC4)c3)c(C(F)(F)F)c2)C1. The zero-order valence-electron chi connectivity index (χ0n) is 21.4. The quantitative estimate of drug-likeness (QED) is 0.464. The van der Waals surface area contributed by atoms with Crippen molar-refractivity contribution in [2.24, 2.45) is 13.0 Å². The molecule has 7 nitrogen and oxygen atoms in total. The largest absolute Gasteiger partial charge is 0.418 e. The number of alkyl halides is 3. The van der Waals surface area contributed by atoms with Crippen LogP contribution in [0.25, 0.3) is 0 Å². The molecule has 0 amide bonds. The van der Waals surface area contributed by atoms with Gasteiger partial charge in [0, 0.05) is 45.1 Å². The molecular weight excluding hydrogens is 479 g/mol. The Morgan fingerprint density at radius 1 is 1.14 bits per heavy atom. The van der Waals surface area contributed by atoms with Gasteiger partial charge in [-0.15, -0.1) is 10.2 Å². The first-order chi connectivity index (χ1) is 17.8. The Bertz CT molecular complexity index is 1200. The van der Waals surface area contributed by atoms with Gasteiger partial charge in [0.25, 0.3) is 0 Å². The zero-order chi connectivity index (χ0) is 26.0. The minimum atomic E-state index is -4.47. The molecule has 10 heteroatoms. The summed E-state index contributed by atoms with van der Waals surface area (Å²) in [6.45, 7) is 6.43. The molecule has 3 aromatic rings. The van der Waals surface area contributed by atoms with Crippen molar-refractivity contribution >= 4 is 5.69 Å². The van der Waals surface area contributed by atoms with Crippen LogP contribution in [0.5, 0.6) is 0 Å². The van der Waals surface area contributed by atoms with E-state index in [9.17, 15) is 13.2 Å². The first-order valence-electron chi connectivity index (χ1n) is 13.0. The number of aromatic nitrogens is 4. The predicted octanol–water partition coefficient (Wildman–Crippen LogP) is 4.87. The fraction of sp³-hybridized carbons (Fsp3) is 0.519. The van der Waals surface area contributed by atoms with Gasteiger partial charge in [-0.05, 0) is 61.1 Å². The summed E-state index contributed by atoms with van der Waals surface area (Å²) in [6, 6.07) is 9.01. The summed E-state index contributed by atoms with van der Waals surface area (Å²) in [5.74, 6) is 1.41. The average Bonchev–Trinajstić information content (AvgIpc) is 3.25. The van der Waals surface area contributed by atoms with E-state index in [2.05, 4.69) is 37.2 Å². The highest BCUT2D eigenvalue weighted by atomic mass is 19.4. The van der Waals surface area contributed by atoms with Gasteiger partial charge >= 0.3 is 6.18 Å². The molecule has 5 rings (SSSR count). The van der Waals surface area contributed by atoms with Gasteiger partial charge in [0.05, 0.1) is 23.8 Å². The lowest BCUT2D eigenvalue weighted by atomic mass is 9.99. The molecule has 1 unspecified atom stereocenters. The van der Waals surface area contributed by atoms with Crippen molar-refractivity contribution in [2.75, 3.05) is 31.5 Å². The summed E-state index contributed by atoms with van der Waals surface area (Å²) < 4.78 is 43.9. The normalized spacial score (nSPS) is 20.0. The first-order valence-corrected chi connectivity index (χ1v) is 13.0. The molecule has 2 fully saturated rings. The lowest BCUT2D eigenvalue weighted by molar-refractivity contribution is -0.138. The number of benzene rings is 1. The average molecular weight is 514 g/mol. The van der Waals surface area contributed by atoms with E-state index in [0.717, 1.165) is 56.1 Å². The molecule has 0 spiro atoms. The summed E-state index contributed by atoms with van der Waals surface area (Å²) in [4.78, 5) is 8.82. The number of aryl methyl sites for hydroxylation is 1. The fourth-order valence-electron chi connectivity index (χ4n) is 5.36. The van der Waals surface area contributed by atoms with E-state index in [4.69, 9.17) is 0 Å². The van der Waals surface area contributed by atoms with Crippen molar-refractivity contribution in [3.05, 3.63) is 71.1 Å². The molecule has 4 heterocycles. The van der Waals surface area contributed by atoms with E-state index >= 15 is 0 Å².